The molecule has 2 atom stereocenters. The highest BCUT2D eigenvalue weighted by Crippen LogP contribution is 2.39. The first-order valence-electron chi connectivity index (χ1n) is 16.9. The Morgan fingerprint density at radius 2 is 1.57 bits per heavy atom. The van der Waals surface area contributed by atoms with Gasteiger partial charge in [0.2, 0.25) is 5.91 Å². The van der Waals surface area contributed by atoms with E-state index in [2.05, 4.69) is 96.1 Å². The van der Waals surface area contributed by atoms with Crippen molar-refractivity contribution in [3.8, 4) is 33.6 Å². The first-order valence-corrected chi connectivity index (χ1v) is 16.9. The molecule has 1 aliphatic rings. The number of carbonyl (C=O) groups excluding carboxylic acids is 2. The fourth-order valence-corrected chi connectivity index (χ4v) is 7.08. The van der Waals surface area contributed by atoms with Gasteiger partial charge in [-0.05, 0) is 90.3 Å². The molecule has 6 rings (SSSR count). The van der Waals surface area contributed by atoms with Crippen LogP contribution in [0.1, 0.15) is 76.2 Å². The number of fused-ring (bicyclic) bond motifs is 1. The largest absolute Gasteiger partial charge is 0.452 e. The van der Waals surface area contributed by atoms with Crippen LogP contribution in [0.15, 0.2) is 73.1 Å². The number of amides is 2. The van der Waals surface area contributed by atoms with E-state index in [0.29, 0.717) is 0 Å². The van der Waals surface area contributed by atoms with Gasteiger partial charge in [0.25, 0.3) is 0 Å². The van der Waals surface area contributed by atoms with E-state index < -0.39 is 6.09 Å². The summed E-state index contributed by atoms with van der Waals surface area (Å²) in [7, 11) is 1.30. The smallest absolute Gasteiger partial charge is 0.425 e. The van der Waals surface area contributed by atoms with Crippen LogP contribution >= 0.6 is 0 Å². The number of benzene rings is 3. The molecule has 3 N–H and O–H groups in total. The summed E-state index contributed by atoms with van der Waals surface area (Å²) in [4.78, 5) is 37.4. The van der Waals surface area contributed by atoms with E-state index in [9.17, 15) is 9.59 Å². The van der Waals surface area contributed by atoms with Crippen molar-refractivity contribution in [1.82, 2.24) is 25.4 Å². The second-order valence-corrected chi connectivity index (χ2v) is 12.8. The molecule has 1 unspecified atom stereocenters. The number of aryl methyl sites for hydroxylation is 1. The number of ether oxygens (including phenoxy) is 1. The minimum atomic E-state index is -0.649. The van der Waals surface area contributed by atoms with Gasteiger partial charge in [-0.1, -0.05) is 75.2 Å². The zero-order valence-corrected chi connectivity index (χ0v) is 28.0. The Balaban J connectivity index is 1.21. The highest BCUT2D eigenvalue weighted by molar-refractivity contribution is 5.90. The molecule has 5 aromatic rings. The van der Waals surface area contributed by atoms with Gasteiger partial charge in [0.1, 0.15) is 5.82 Å². The molecule has 0 saturated heterocycles. The molecular formula is C39H45N5O3. The molecule has 244 valence electrons. The van der Waals surface area contributed by atoms with E-state index in [-0.39, 0.29) is 23.8 Å². The molecule has 2 heterocycles. The predicted molar refractivity (Wildman–Crippen MR) is 188 cm³/mol. The Labute approximate surface area is 276 Å². The van der Waals surface area contributed by atoms with E-state index in [1.807, 2.05) is 20.0 Å². The first kappa shape index (κ1) is 32.1. The molecular weight excluding hydrogens is 586 g/mol. The maximum atomic E-state index is 13.7. The summed E-state index contributed by atoms with van der Waals surface area (Å²) in [6.07, 6.45) is 9.02. The number of nitrogens with one attached hydrogen (secondary N) is 3. The van der Waals surface area contributed by atoms with Crippen molar-refractivity contribution in [2.45, 2.75) is 78.2 Å². The van der Waals surface area contributed by atoms with Gasteiger partial charge in [0.15, 0.2) is 0 Å². The van der Waals surface area contributed by atoms with E-state index in [4.69, 9.17) is 9.72 Å². The fraction of sp³-hybridized carbons (Fsp3) is 0.359. The Morgan fingerprint density at radius 1 is 0.915 bits per heavy atom. The summed E-state index contributed by atoms with van der Waals surface area (Å²) >= 11 is 0. The standard InChI is InChI=1S/C39H45N5O3/c1-6-25-22-40-36(32(25)7-2)27-14-12-26(13-15-27)28-16-17-30-21-31(19-18-29(30)20-28)35-23-41-37(42-35)33-10-8-9-11-34(33)38(45)44(24(3)4)43-39(46)47-5/h12-24,33-34,40H,6-11H2,1-5H3,(H,41,42)(H,43,46)/t33-,34?/m1/s1. The number of hydrogen-bond donors (Lipinski definition) is 3. The summed E-state index contributed by atoms with van der Waals surface area (Å²) in [6.45, 7) is 8.18. The van der Waals surface area contributed by atoms with E-state index in [1.165, 1.54) is 51.0 Å². The number of H-pyrrole nitrogens is 2. The minimum absolute atomic E-state index is 0.0561. The molecule has 0 spiro atoms. The summed E-state index contributed by atoms with van der Waals surface area (Å²) in [5.41, 5.74) is 12.2. The van der Waals surface area contributed by atoms with Gasteiger partial charge in [-0.2, -0.15) is 0 Å². The monoisotopic (exact) mass is 631 g/mol. The summed E-state index contributed by atoms with van der Waals surface area (Å²) in [5, 5.41) is 3.72. The predicted octanol–water partition coefficient (Wildman–Crippen LogP) is 8.80. The van der Waals surface area contributed by atoms with Gasteiger partial charge in [-0.15, -0.1) is 0 Å². The molecule has 3 aromatic carbocycles. The topological polar surface area (TPSA) is 103 Å². The number of aromatic nitrogens is 3. The van der Waals surface area contributed by atoms with Crippen molar-refractivity contribution in [2.24, 2.45) is 5.92 Å². The van der Waals surface area contributed by atoms with Crippen molar-refractivity contribution < 1.29 is 14.3 Å². The molecule has 1 fully saturated rings. The van der Waals surface area contributed by atoms with Crippen LogP contribution in [0.4, 0.5) is 4.79 Å². The highest BCUT2D eigenvalue weighted by Gasteiger charge is 2.37. The van der Waals surface area contributed by atoms with Crippen LogP contribution in [-0.2, 0) is 22.4 Å². The quantitative estimate of drug-likeness (QED) is 0.149. The lowest BCUT2D eigenvalue weighted by molar-refractivity contribution is -0.142. The molecule has 2 amide bonds. The average molecular weight is 632 g/mol. The van der Waals surface area contributed by atoms with Gasteiger partial charge < -0.3 is 14.7 Å². The molecule has 8 nitrogen and oxygen atoms in total. The molecule has 47 heavy (non-hydrogen) atoms. The number of hydrazine groups is 1. The van der Waals surface area contributed by atoms with E-state index in [0.717, 1.165) is 61.0 Å². The molecule has 1 saturated carbocycles. The maximum Gasteiger partial charge on any atom is 0.425 e. The van der Waals surface area contributed by atoms with Crippen molar-refractivity contribution in [2.75, 3.05) is 7.11 Å². The average Bonchev–Trinajstić information content (AvgIpc) is 3.77. The highest BCUT2D eigenvalue weighted by atomic mass is 16.5. The molecule has 0 radical (unpaired) electrons. The molecule has 8 heteroatoms. The van der Waals surface area contributed by atoms with Crippen LogP contribution in [-0.4, -0.2) is 45.1 Å². The number of imidazole rings is 1. The number of methoxy groups -OCH3 is 1. The summed E-state index contributed by atoms with van der Waals surface area (Å²) in [6, 6.07) is 21.7. The Kier molecular flexibility index (Phi) is 9.48. The van der Waals surface area contributed by atoms with Gasteiger partial charge in [-0.3, -0.25) is 4.79 Å². The van der Waals surface area contributed by atoms with Crippen molar-refractivity contribution in [1.29, 1.82) is 0 Å². The van der Waals surface area contributed by atoms with Crippen LogP contribution in [0.3, 0.4) is 0 Å². The number of aromatic amines is 2. The van der Waals surface area contributed by atoms with Gasteiger partial charge in [0, 0.05) is 35.3 Å². The summed E-state index contributed by atoms with van der Waals surface area (Å²) in [5.74, 6) is 0.371. The molecule has 0 aliphatic heterocycles. The second-order valence-electron chi connectivity index (χ2n) is 12.8. The Morgan fingerprint density at radius 3 is 2.26 bits per heavy atom. The van der Waals surface area contributed by atoms with Crippen molar-refractivity contribution >= 4 is 22.8 Å². The minimum Gasteiger partial charge on any atom is -0.452 e. The second kappa shape index (κ2) is 13.9. The lowest BCUT2D eigenvalue weighted by atomic mass is 9.78. The number of carbonyl (C=O) groups is 2. The van der Waals surface area contributed by atoms with Crippen LogP contribution in [0.2, 0.25) is 0 Å². The maximum absolute atomic E-state index is 13.7. The zero-order chi connectivity index (χ0) is 33.1. The SMILES string of the molecule is CCc1c[nH]c(-c2ccc(-c3ccc4cc(-c5cnc([C@@H]6CCCCC6C(=O)N(NC(=O)OC)C(C)C)[nH]5)ccc4c3)cc2)c1CC. The molecule has 2 aromatic heterocycles. The fourth-order valence-electron chi connectivity index (χ4n) is 7.08. The van der Waals surface area contributed by atoms with Crippen LogP contribution in [0.5, 0.6) is 0 Å². The van der Waals surface area contributed by atoms with Crippen molar-refractivity contribution in [3.63, 3.8) is 0 Å². The van der Waals surface area contributed by atoms with Crippen LogP contribution in [0.25, 0.3) is 44.4 Å². The van der Waals surface area contributed by atoms with Gasteiger partial charge in [0.05, 0.1) is 19.0 Å². The Hall–Kier alpha value is -4.85. The van der Waals surface area contributed by atoms with Crippen LogP contribution in [0, 0.1) is 5.92 Å². The third-order valence-electron chi connectivity index (χ3n) is 9.65. The number of rotatable bonds is 8. The van der Waals surface area contributed by atoms with Gasteiger partial charge in [-0.25, -0.2) is 20.2 Å². The van der Waals surface area contributed by atoms with E-state index in [1.54, 1.807) is 0 Å². The van der Waals surface area contributed by atoms with Crippen LogP contribution < -0.4 is 5.43 Å². The number of nitrogens with zero attached hydrogens (tertiary/aromatic N) is 2. The molecule has 0 bridgehead atoms. The summed E-state index contributed by atoms with van der Waals surface area (Å²) < 4.78 is 4.76. The van der Waals surface area contributed by atoms with Crippen molar-refractivity contribution in [3.05, 3.63) is 90.0 Å². The van der Waals surface area contributed by atoms with E-state index >= 15 is 0 Å². The lowest BCUT2D eigenvalue weighted by Crippen LogP contribution is -2.53. The lowest BCUT2D eigenvalue weighted by Gasteiger charge is -2.35. The zero-order valence-electron chi connectivity index (χ0n) is 28.0. The molecule has 1 aliphatic carbocycles. The number of hydrogen-bond acceptors (Lipinski definition) is 4. The van der Waals surface area contributed by atoms with Gasteiger partial charge >= 0.3 is 6.09 Å². The first-order chi connectivity index (χ1) is 22.8. The normalized spacial score (nSPS) is 16.4. The third-order valence-corrected chi connectivity index (χ3v) is 9.65. The third kappa shape index (κ3) is 6.55. The Bertz CT molecular complexity index is 1870.